The summed E-state index contributed by atoms with van der Waals surface area (Å²) in [5.41, 5.74) is 1.40. The smallest absolute Gasteiger partial charge is 0.334 e. The van der Waals surface area contributed by atoms with Crippen molar-refractivity contribution >= 4 is 5.97 Å². The molecule has 0 aliphatic rings. The fourth-order valence-corrected chi connectivity index (χ4v) is 1.18. The van der Waals surface area contributed by atoms with Gasteiger partial charge in [0.15, 0.2) is 0 Å². The lowest BCUT2D eigenvalue weighted by atomic mass is 10.0. The summed E-state index contributed by atoms with van der Waals surface area (Å²) in [5, 5.41) is 8.98. The molecular weight excluding hydrogens is 168 g/mol. The first-order valence-electron chi connectivity index (χ1n) is 4.70. The maximum Gasteiger partial charge on any atom is 0.334 e. The van der Waals surface area contributed by atoms with E-state index in [1.165, 1.54) is 0 Å². The van der Waals surface area contributed by atoms with Crippen molar-refractivity contribution in [2.24, 2.45) is 0 Å². The Morgan fingerprint density at radius 3 is 2.15 bits per heavy atom. The average molecular weight is 186 g/mol. The van der Waals surface area contributed by atoms with Crippen LogP contribution in [0.3, 0.4) is 0 Å². The monoisotopic (exact) mass is 186 g/mol. The molecule has 0 heterocycles. The molecule has 0 aromatic rings. The molecule has 0 fully saturated rings. The van der Waals surface area contributed by atoms with Gasteiger partial charge in [-0.25, -0.2) is 4.79 Å². The number of ether oxygens (including phenoxy) is 1. The van der Waals surface area contributed by atoms with Crippen LogP contribution in [0.5, 0.6) is 0 Å². The van der Waals surface area contributed by atoms with Crippen molar-refractivity contribution in [3.8, 4) is 0 Å². The molecule has 1 N–H and O–H groups in total. The third-order valence-corrected chi connectivity index (χ3v) is 1.92. The van der Waals surface area contributed by atoms with Crippen molar-refractivity contribution in [3.63, 3.8) is 0 Å². The van der Waals surface area contributed by atoms with Gasteiger partial charge in [-0.2, -0.15) is 0 Å². The van der Waals surface area contributed by atoms with E-state index in [1.54, 1.807) is 6.92 Å². The second-order valence-electron chi connectivity index (χ2n) is 2.67. The van der Waals surface area contributed by atoms with Gasteiger partial charge < -0.3 is 9.84 Å². The largest absolute Gasteiger partial charge is 0.463 e. The molecule has 0 unspecified atom stereocenters. The molecule has 0 aromatic heterocycles. The van der Waals surface area contributed by atoms with Crippen molar-refractivity contribution in [2.75, 3.05) is 13.2 Å². The maximum absolute atomic E-state index is 11.3. The summed E-state index contributed by atoms with van der Waals surface area (Å²) >= 11 is 0. The van der Waals surface area contributed by atoms with Crippen LogP contribution in [0.25, 0.3) is 0 Å². The van der Waals surface area contributed by atoms with Crippen LogP contribution < -0.4 is 0 Å². The highest BCUT2D eigenvalue weighted by molar-refractivity contribution is 5.89. The van der Waals surface area contributed by atoms with Gasteiger partial charge in [-0.05, 0) is 25.3 Å². The van der Waals surface area contributed by atoms with Crippen LogP contribution in [-0.4, -0.2) is 24.3 Å². The Morgan fingerprint density at radius 1 is 1.23 bits per heavy atom. The number of esters is 1. The third-order valence-electron chi connectivity index (χ3n) is 1.92. The standard InChI is InChI=1S/C10H18O3/c1-4-8(7-11)9(5-2)10(12)13-6-3/h11H,4-7H2,1-3H3/b9-8-. The van der Waals surface area contributed by atoms with E-state index in [9.17, 15) is 4.79 Å². The summed E-state index contributed by atoms with van der Waals surface area (Å²) in [4.78, 5) is 11.3. The molecule has 0 atom stereocenters. The Balaban J connectivity index is 4.63. The number of carbonyl (C=O) groups excluding carboxylic acids is 1. The minimum atomic E-state index is -0.295. The minimum absolute atomic E-state index is 0.0571. The summed E-state index contributed by atoms with van der Waals surface area (Å²) in [5.74, 6) is -0.295. The van der Waals surface area contributed by atoms with Crippen LogP contribution in [0.2, 0.25) is 0 Å². The molecule has 0 saturated heterocycles. The first kappa shape index (κ1) is 12.2. The second kappa shape index (κ2) is 6.66. The highest BCUT2D eigenvalue weighted by atomic mass is 16.5. The summed E-state index contributed by atoms with van der Waals surface area (Å²) in [7, 11) is 0. The topological polar surface area (TPSA) is 46.5 Å². The van der Waals surface area contributed by atoms with E-state index in [2.05, 4.69) is 0 Å². The summed E-state index contributed by atoms with van der Waals surface area (Å²) in [6.07, 6.45) is 1.31. The lowest BCUT2D eigenvalue weighted by molar-refractivity contribution is -0.138. The molecule has 0 saturated carbocycles. The molecule has 3 nitrogen and oxygen atoms in total. The molecule has 0 radical (unpaired) electrons. The predicted octanol–water partition coefficient (Wildman–Crippen LogP) is 1.66. The van der Waals surface area contributed by atoms with E-state index < -0.39 is 0 Å². The zero-order valence-electron chi connectivity index (χ0n) is 8.59. The average Bonchev–Trinajstić information content (AvgIpc) is 2.14. The maximum atomic E-state index is 11.3. The van der Waals surface area contributed by atoms with Crippen LogP contribution in [0.15, 0.2) is 11.1 Å². The summed E-state index contributed by atoms with van der Waals surface area (Å²) < 4.78 is 4.87. The fraction of sp³-hybridized carbons (Fsp3) is 0.700. The molecular formula is C10H18O3. The minimum Gasteiger partial charge on any atom is -0.463 e. The number of hydrogen-bond acceptors (Lipinski definition) is 3. The van der Waals surface area contributed by atoms with Crippen LogP contribution in [-0.2, 0) is 9.53 Å². The van der Waals surface area contributed by atoms with E-state index in [1.807, 2.05) is 13.8 Å². The van der Waals surface area contributed by atoms with Gasteiger partial charge in [0.1, 0.15) is 0 Å². The van der Waals surface area contributed by atoms with Gasteiger partial charge in [0, 0.05) is 5.57 Å². The first-order chi connectivity index (χ1) is 6.21. The van der Waals surface area contributed by atoms with Crippen molar-refractivity contribution < 1.29 is 14.6 Å². The number of aliphatic hydroxyl groups is 1. The van der Waals surface area contributed by atoms with Gasteiger partial charge in [0.2, 0.25) is 0 Å². The first-order valence-corrected chi connectivity index (χ1v) is 4.70. The molecule has 0 aliphatic heterocycles. The van der Waals surface area contributed by atoms with Crippen LogP contribution in [0.1, 0.15) is 33.6 Å². The lowest BCUT2D eigenvalue weighted by Gasteiger charge is -2.09. The van der Waals surface area contributed by atoms with E-state index in [-0.39, 0.29) is 12.6 Å². The molecule has 0 aliphatic carbocycles. The van der Waals surface area contributed by atoms with Gasteiger partial charge in [-0.1, -0.05) is 13.8 Å². The van der Waals surface area contributed by atoms with Crippen molar-refractivity contribution in [1.82, 2.24) is 0 Å². The molecule has 3 heteroatoms. The summed E-state index contributed by atoms with van der Waals surface area (Å²) in [6.45, 7) is 5.90. The predicted molar refractivity (Wildman–Crippen MR) is 51.3 cm³/mol. The third kappa shape index (κ3) is 3.59. The van der Waals surface area contributed by atoms with Crippen LogP contribution in [0, 0.1) is 0 Å². The summed E-state index contributed by atoms with van der Waals surface area (Å²) in [6, 6.07) is 0. The Labute approximate surface area is 79.4 Å². The van der Waals surface area contributed by atoms with Crippen molar-refractivity contribution in [1.29, 1.82) is 0 Å². The fourth-order valence-electron chi connectivity index (χ4n) is 1.18. The zero-order chi connectivity index (χ0) is 10.3. The van der Waals surface area contributed by atoms with Gasteiger partial charge in [-0.15, -0.1) is 0 Å². The van der Waals surface area contributed by atoms with Crippen molar-refractivity contribution in [3.05, 3.63) is 11.1 Å². The number of rotatable bonds is 5. The molecule has 0 aromatic carbocycles. The van der Waals surface area contributed by atoms with Crippen molar-refractivity contribution in [2.45, 2.75) is 33.6 Å². The van der Waals surface area contributed by atoms with E-state index >= 15 is 0 Å². The lowest BCUT2D eigenvalue weighted by Crippen LogP contribution is -2.11. The molecule has 0 bridgehead atoms. The second-order valence-corrected chi connectivity index (χ2v) is 2.67. The Bertz CT molecular complexity index is 188. The Morgan fingerprint density at radius 2 is 1.85 bits per heavy atom. The van der Waals surface area contributed by atoms with Gasteiger partial charge in [0.25, 0.3) is 0 Å². The SMILES string of the molecule is CCOC(=O)/C(CC)=C(/CC)CO. The molecule has 0 spiro atoms. The van der Waals surface area contributed by atoms with Gasteiger partial charge >= 0.3 is 5.97 Å². The van der Waals surface area contributed by atoms with E-state index in [4.69, 9.17) is 9.84 Å². The molecule has 0 rings (SSSR count). The number of aliphatic hydroxyl groups excluding tert-OH is 1. The van der Waals surface area contributed by atoms with Crippen LogP contribution in [0.4, 0.5) is 0 Å². The molecule has 0 amide bonds. The zero-order valence-corrected chi connectivity index (χ0v) is 8.59. The van der Waals surface area contributed by atoms with E-state index in [0.29, 0.717) is 25.0 Å². The normalized spacial score (nSPS) is 12.3. The Kier molecular flexibility index (Phi) is 6.24. The number of carbonyl (C=O) groups is 1. The van der Waals surface area contributed by atoms with E-state index in [0.717, 1.165) is 5.57 Å². The Hall–Kier alpha value is -0.830. The number of hydrogen-bond donors (Lipinski definition) is 1. The highest BCUT2D eigenvalue weighted by Gasteiger charge is 2.12. The van der Waals surface area contributed by atoms with Gasteiger partial charge in [-0.3, -0.25) is 0 Å². The molecule has 13 heavy (non-hydrogen) atoms. The molecule has 76 valence electrons. The van der Waals surface area contributed by atoms with Crippen LogP contribution >= 0.6 is 0 Å². The highest BCUT2D eigenvalue weighted by Crippen LogP contribution is 2.13. The van der Waals surface area contributed by atoms with Gasteiger partial charge in [0.05, 0.1) is 13.2 Å². The quantitative estimate of drug-likeness (QED) is 0.524.